The average Bonchev–Trinajstić information content (AvgIpc) is 2.16. The summed E-state index contributed by atoms with van der Waals surface area (Å²) >= 11 is 5.24. The van der Waals surface area contributed by atoms with Gasteiger partial charge in [-0.25, -0.2) is 0 Å². The molecule has 0 saturated carbocycles. The molecule has 50 valence electrons. The lowest BCUT2D eigenvalue weighted by Gasteiger charge is -2.16. The number of thiol groups is 1. The molecule has 0 fully saturated rings. The molecule has 1 heterocycles. The van der Waals surface area contributed by atoms with Gasteiger partial charge in [-0.3, -0.25) is 4.79 Å². The Bertz CT molecular complexity index is 160. The summed E-state index contributed by atoms with van der Waals surface area (Å²) in [6.07, 6.45) is 1.64. The van der Waals surface area contributed by atoms with Crippen molar-refractivity contribution in [2.75, 3.05) is 0 Å². The molecule has 0 aliphatic carbocycles. The zero-order valence-corrected chi connectivity index (χ0v) is 6.21. The van der Waals surface area contributed by atoms with E-state index in [4.69, 9.17) is 5.73 Å². The van der Waals surface area contributed by atoms with E-state index in [1.165, 1.54) is 11.8 Å². The molecule has 1 aliphatic heterocycles. The number of carbonyl (C=O) groups is 1. The molecule has 1 atom stereocenters. The molecule has 0 aromatic heterocycles. The monoisotopic (exact) mass is 162 g/mol. The van der Waals surface area contributed by atoms with Gasteiger partial charge in [0.05, 0.1) is 0 Å². The molecule has 0 aromatic rings. The van der Waals surface area contributed by atoms with Crippen LogP contribution < -0.4 is 11.1 Å². The van der Waals surface area contributed by atoms with Crippen LogP contribution in [0.5, 0.6) is 0 Å². The summed E-state index contributed by atoms with van der Waals surface area (Å²) in [5.74, 6) is -0.471. The van der Waals surface area contributed by atoms with E-state index in [2.05, 4.69) is 17.9 Å². The minimum absolute atomic E-state index is 0.471. The maximum absolute atomic E-state index is 10.5. The number of carbonyl (C=O) groups excluding carboxylic acids is 1. The van der Waals surface area contributed by atoms with Gasteiger partial charge in [0.25, 0.3) is 5.91 Å². The van der Waals surface area contributed by atoms with E-state index in [-0.39, 0.29) is 0 Å². The molecule has 5 heteroatoms. The van der Waals surface area contributed by atoms with E-state index >= 15 is 0 Å². The average molecular weight is 162 g/mol. The normalized spacial score (nSPS) is 32.1. The Morgan fingerprint density at radius 2 is 2.56 bits per heavy atom. The fourth-order valence-corrected chi connectivity index (χ4v) is 1.29. The van der Waals surface area contributed by atoms with Gasteiger partial charge in [-0.15, -0.1) is 12.6 Å². The Labute approximate surface area is 62.5 Å². The third-order valence-electron chi connectivity index (χ3n) is 0.920. The minimum atomic E-state index is -0.917. The molecule has 0 radical (unpaired) electrons. The number of thioether (sulfide) groups is 1. The van der Waals surface area contributed by atoms with Gasteiger partial charge in [0, 0.05) is 6.20 Å². The fourth-order valence-electron chi connectivity index (χ4n) is 0.443. The first kappa shape index (κ1) is 6.82. The Morgan fingerprint density at radius 3 is 2.78 bits per heavy atom. The molecule has 3 N–H and O–H groups in total. The van der Waals surface area contributed by atoms with E-state index in [0.29, 0.717) is 0 Å². The zero-order chi connectivity index (χ0) is 6.91. The summed E-state index contributed by atoms with van der Waals surface area (Å²) in [5, 5.41) is 4.44. The van der Waals surface area contributed by atoms with Gasteiger partial charge >= 0.3 is 0 Å². The Kier molecular flexibility index (Phi) is 1.63. The van der Waals surface area contributed by atoms with Crippen molar-refractivity contribution in [2.45, 2.75) is 4.20 Å². The maximum Gasteiger partial charge on any atom is 0.264 e. The van der Waals surface area contributed by atoms with E-state index in [0.717, 1.165) is 0 Å². The minimum Gasteiger partial charge on any atom is -0.366 e. The first-order valence-electron chi connectivity index (χ1n) is 2.28. The number of rotatable bonds is 1. The molecule has 0 saturated heterocycles. The van der Waals surface area contributed by atoms with Crippen LogP contribution in [0.4, 0.5) is 0 Å². The van der Waals surface area contributed by atoms with Crippen molar-refractivity contribution in [2.24, 2.45) is 5.73 Å². The van der Waals surface area contributed by atoms with Crippen LogP contribution in [0.3, 0.4) is 0 Å². The highest BCUT2D eigenvalue weighted by atomic mass is 32.2. The van der Waals surface area contributed by atoms with Crippen LogP contribution in [0.1, 0.15) is 0 Å². The van der Waals surface area contributed by atoms with Crippen LogP contribution in [-0.2, 0) is 4.79 Å². The second-order valence-corrected chi connectivity index (χ2v) is 3.67. The highest BCUT2D eigenvalue weighted by molar-refractivity contribution is 8.14. The first-order valence-corrected chi connectivity index (χ1v) is 3.61. The van der Waals surface area contributed by atoms with E-state index in [1.807, 2.05) is 0 Å². The summed E-state index contributed by atoms with van der Waals surface area (Å²) in [4.78, 5) is 10.5. The predicted octanol–water partition coefficient (Wildman–Crippen LogP) is -0.137. The Hall–Kier alpha value is -0.290. The summed E-state index contributed by atoms with van der Waals surface area (Å²) in [6, 6.07) is 0. The largest absolute Gasteiger partial charge is 0.366 e. The van der Waals surface area contributed by atoms with Crippen LogP contribution >= 0.6 is 24.4 Å². The van der Waals surface area contributed by atoms with Crippen LogP contribution in [0.15, 0.2) is 11.6 Å². The van der Waals surface area contributed by atoms with Gasteiger partial charge in [0.15, 0.2) is 0 Å². The smallest absolute Gasteiger partial charge is 0.264 e. The lowest BCUT2D eigenvalue weighted by Crippen LogP contribution is -2.43. The molecular weight excluding hydrogens is 156 g/mol. The molecule has 0 spiro atoms. The summed E-state index contributed by atoms with van der Waals surface area (Å²) < 4.78 is -0.917. The van der Waals surface area contributed by atoms with Crippen molar-refractivity contribution in [3.05, 3.63) is 11.6 Å². The predicted molar refractivity (Wildman–Crippen MR) is 40.8 cm³/mol. The highest BCUT2D eigenvalue weighted by Gasteiger charge is 2.33. The van der Waals surface area contributed by atoms with Crippen LogP contribution in [-0.4, -0.2) is 10.1 Å². The molecule has 1 unspecified atom stereocenters. The van der Waals surface area contributed by atoms with Crippen LogP contribution in [0.25, 0.3) is 0 Å². The summed E-state index contributed by atoms with van der Waals surface area (Å²) in [5.41, 5.74) is 4.99. The molecule has 0 aromatic carbocycles. The molecule has 0 bridgehead atoms. The van der Waals surface area contributed by atoms with Gasteiger partial charge in [0.2, 0.25) is 4.20 Å². The van der Waals surface area contributed by atoms with Gasteiger partial charge in [-0.05, 0) is 5.41 Å². The van der Waals surface area contributed by atoms with Crippen molar-refractivity contribution in [1.29, 1.82) is 0 Å². The quantitative estimate of drug-likeness (QED) is 0.470. The second-order valence-electron chi connectivity index (χ2n) is 1.57. The van der Waals surface area contributed by atoms with Crippen molar-refractivity contribution in [3.63, 3.8) is 0 Å². The fraction of sp³-hybridized carbons (Fsp3) is 0.250. The maximum atomic E-state index is 10.5. The van der Waals surface area contributed by atoms with Crippen LogP contribution in [0, 0.1) is 0 Å². The zero-order valence-electron chi connectivity index (χ0n) is 4.50. The van der Waals surface area contributed by atoms with Gasteiger partial charge in [-0.1, -0.05) is 11.8 Å². The summed E-state index contributed by atoms with van der Waals surface area (Å²) in [6.45, 7) is 0. The molecule has 1 rings (SSSR count). The molecule has 3 nitrogen and oxygen atoms in total. The molecule has 9 heavy (non-hydrogen) atoms. The standard InChI is InChI=1S/C4H6N2OS2/c5-3(7)4(8)6-1-2-9-4/h1-2,6,8H,(H2,5,7). The summed E-state index contributed by atoms with van der Waals surface area (Å²) in [7, 11) is 0. The van der Waals surface area contributed by atoms with Gasteiger partial charge < -0.3 is 11.1 Å². The molecule has 1 amide bonds. The number of hydrogen-bond acceptors (Lipinski definition) is 4. The van der Waals surface area contributed by atoms with E-state index in [9.17, 15) is 4.79 Å². The number of hydrogen-bond donors (Lipinski definition) is 3. The highest BCUT2D eigenvalue weighted by Crippen LogP contribution is 2.31. The number of amides is 1. The third-order valence-corrected chi connectivity index (χ3v) is 2.52. The molecular formula is C4H6N2OS2. The van der Waals surface area contributed by atoms with Crippen molar-refractivity contribution in [3.8, 4) is 0 Å². The first-order chi connectivity index (χ1) is 4.15. The van der Waals surface area contributed by atoms with Crippen LogP contribution in [0.2, 0.25) is 0 Å². The Morgan fingerprint density at radius 1 is 1.89 bits per heavy atom. The Balaban J connectivity index is 2.66. The topological polar surface area (TPSA) is 55.1 Å². The molecule has 1 aliphatic rings. The number of nitrogens with one attached hydrogen (secondary N) is 1. The van der Waals surface area contributed by atoms with Gasteiger partial charge in [-0.2, -0.15) is 0 Å². The van der Waals surface area contributed by atoms with E-state index in [1.54, 1.807) is 11.6 Å². The van der Waals surface area contributed by atoms with Crippen molar-refractivity contribution < 1.29 is 4.79 Å². The number of primary amides is 1. The lowest BCUT2D eigenvalue weighted by atomic mass is 10.6. The van der Waals surface area contributed by atoms with Crippen molar-refractivity contribution in [1.82, 2.24) is 5.32 Å². The SMILES string of the molecule is NC(=O)C1(S)NC=CS1. The van der Waals surface area contributed by atoms with Gasteiger partial charge in [0.1, 0.15) is 0 Å². The van der Waals surface area contributed by atoms with E-state index < -0.39 is 10.1 Å². The number of nitrogens with two attached hydrogens (primary N) is 1. The second kappa shape index (κ2) is 2.15. The third kappa shape index (κ3) is 1.16. The lowest BCUT2D eigenvalue weighted by molar-refractivity contribution is -0.118. The van der Waals surface area contributed by atoms with Crippen molar-refractivity contribution >= 4 is 30.3 Å².